The number of nitrogens with zero attached hydrogens (tertiary/aromatic N) is 3. The summed E-state index contributed by atoms with van der Waals surface area (Å²) in [5, 5.41) is 1.11. The number of anilines is 2. The minimum Gasteiger partial charge on any atom is -0.497 e. The van der Waals surface area contributed by atoms with Crippen molar-refractivity contribution in [1.29, 1.82) is 0 Å². The lowest BCUT2D eigenvalue weighted by atomic mass is 10.2. The maximum Gasteiger partial charge on any atom is 0.129 e. The number of para-hydroxylation sites is 1. The molecule has 4 nitrogen and oxygen atoms in total. The summed E-state index contributed by atoms with van der Waals surface area (Å²) in [5.74, 6) is 1.92. The van der Waals surface area contributed by atoms with Gasteiger partial charge < -0.3 is 14.5 Å². The minimum absolute atomic E-state index is 0.869. The summed E-state index contributed by atoms with van der Waals surface area (Å²) < 4.78 is 5.28. The summed E-state index contributed by atoms with van der Waals surface area (Å²) in [4.78, 5) is 9.62. The van der Waals surface area contributed by atoms with E-state index in [1.165, 1.54) is 5.69 Å². The van der Waals surface area contributed by atoms with Crippen molar-refractivity contribution in [3.8, 4) is 5.75 Å². The van der Waals surface area contributed by atoms with Gasteiger partial charge in [0.05, 0.1) is 12.6 Å². The molecule has 1 saturated heterocycles. The summed E-state index contributed by atoms with van der Waals surface area (Å²) in [5.41, 5.74) is 2.31. The monoisotopic (exact) mass is 319 g/mol. The van der Waals surface area contributed by atoms with Crippen molar-refractivity contribution in [3.05, 3.63) is 60.7 Å². The lowest BCUT2D eigenvalue weighted by Crippen LogP contribution is -2.46. The maximum atomic E-state index is 5.28. The number of fused-ring (bicyclic) bond motifs is 1. The predicted molar refractivity (Wildman–Crippen MR) is 99.2 cm³/mol. The first-order valence-corrected chi connectivity index (χ1v) is 8.33. The van der Waals surface area contributed by atoms with Crippen LogP contribution in [0.4, 0.5) is 11.5 Å². The van der Waals surface area contributed by atoms with Crippen LogP contribution in [0.2, 0.25) is 0 Å². The third-order valence-corrected chi connectivity index (χ3v) is 4.61. The van der Waals surface area contributed by atoms with Crippen molar-refractivity contribution in [2.75, 3.05) is 43.1 Å². The zero-order valence-electron chi connectivity index (χ0n) is 13.9. The topological polar surface area (TPSA) is 28.6 Å². The molecule has 0 spiro atoms. The lowest BCUT2D eigenvalue weighted by Gasteiger charge is -2.36. The van der Waals surface area contributed by atoms with Crippen LogP contribution < -0.4 is 14.5 Å². The number of aromatic nitrogens is 1. The van der Waals surface area contributed by atoms with Crippen LogP contribution in [0.1, 0.15) is 0 Å². The van der Waals surface area contributed by atoms with Gasteiger partial charge in [-0.15, -0.1) is 0 Å². The standard InChI is InChI=1S/C20H21N3O/c1-24-18-8-9-19-16(15-18)7-10-20(21-19)23-13-11-22(12-14-23)17-5-3-2-4-6-17/h2-10,15H,11-14H2,1H3. The SMILES string of the molecule is COc1ccc2nc(N3CCN(c4ccccc4)CC3)ccc2c1. The third-order valence-electron chi connectivity index (χ3n) is 4.61. The van der Waals surface area contributed by atoms with E-state index in [1.807, 2.05) is 18.2 Å². The van der Waals surface area contributed by atoms with Gasteiger partial charge in [-0.3, -0.25) is 0 Å². The van der Waals surface area contributed by atoms with Crippen molar-refractivity contribution in [2.24, 2.45) is 0 Å². The average Bonchev–Trinajstić information content (AvgIpc) is 2.68. The number of hydrogen-bond donors (Lipinski definition) is 0. The van der Waals surface area contributed by atoms with Crippen LogP contribution in [0.15, 0.2) is 60.7 Å². The van der Waals surface area contributed by atoms with Crippen LogP contribution in [0.3, 0.4) is 0 Å². The van der Waals surface area contributed by atoms with Crippen LogP contribution >= 0.6 is 0 Å². The van der Waals surface area contributed by atoms with Gasteiger partial charge in [-0.2, -0.15) is 0 Å². The first-order valence-electron chi connectivity index (χ1n) is 8.33. The molecule has 0 atom stereocenters. The summed E-state index contributed by atoms with van der Waals surface area (Å²) >= 11 is 0. The summed E-state index contributed by atoms with van der Waals surface area (Å²) in [7, 11) is 1.69. The Labute approximate surface area is 142 Å². The molecular formula is C20H21N3O. The number of rotatable bonds is 3. The normalized spacial score (nSPS) is 14.9. The average molecular weight is 319 g/mol. The third kappa shape index (κ3) is 2.87. The Balaban J connectivity index is 1.50. The van der Waals surface area contributed by atoms with Gasteiger partial charge in [0.15, 0.2) is 0 Å². The molecular weight excluding hydrogens is 298 g/mol. The van der Waals surface area contributed by atoms with E-state index in [-0.39, 0.29) is 0 Å². The molecule has 0 amide bonds. The molecule has 1 fully saturated rings. The Hall–Kier alpha value is -2.75. The number of ether oxygens (including phenoxy) is 1. The molecule has 1 aliphatic rings. The fourth-order valence-corrected chi connectivity index (χ4v) is 3.23. The molecule has 24 heavy (non-hydrogen) atoms. The van der Waals surface area contributed by atoms with E-state index >= 15 is 0 Å². The molecule has 3 aromatic rings. The van der Waals surface area contributed by atoms with Gasteiger partial charge >= 0.3 is 0 Å². The van der Waals surface area contributed by atoms with E-state index < -0.39 is 0 Å². The molecule has 4 rings (SSSR count). The van der Waals surface area contributed by atoms with Crippen LogP contribution in [0.25, 0.3) is 10.9 Å². The minimum atomic E-state index is 0.869. The van der Waals surface area contributed by atoms with E-state index in [9.17, 15) is 0 Å². The van der Waals surface area contributed by atoms with Crippen LogP contribution in [0.5, 0.6) is 5.75 Å². The van der Waals surface area contributed by atoms with E-state index in [0.29, 0.717) is 0 Å². The van der Waals surface area contributed by atoms with Crippen molar-refractivity contribution < 1.29 is 4.74 Å². The zero-order valence-corrected chi connectivity index (χ0v) is 13.9. The van der Waals surface area contributed by atoms with Crippen LogP contribution in [-0.2, 0) is 0 Å². The van der Waals surface area contributed by atoms with E-state index in [1.54, 1.807) is 7.11 Å². The second-order valence-corrected chi connectivity index (χ2v) is 6.04. The largest absolute Gasteiger partial charge is 0.497 e. The summed E-state index contributed by atoms with van der Waals surface area (Å²) in [6.07, 6.45) is 0. The molecule has 2 heterocycles. The van der Waals surface area contributed by atoms with E-state index in [4.69, 9.17) is 9.72 Å². The quantitative estimate of drug-likeness (QED) is 0.738. The van der Waals surface area contributed by atoms with Gasteiger partial charge in [-0.05, 0) is 42.5 Å². The Morgan fingerprint density at radius 3 is 2.33 bits per heavy atom. The molecule has 0 N–H and O–H groups in total. The molecule has 1 aromatic heterocycles. The van der Waals surface area contributed by atoms with Gasteiger partial charge in [0.2, 0.25) is 0 Å². The number of piperazine rings is 1. The molecule has 4 heteroatoms. The fraction of sp³-hybridized carbons (Fsp3) is 0.250. The van der Waals surface area contributed by atoms with Gasteiger partial charge in [0.1, 0.15) is 11.6 Å². The fourth-order valence-electron chi connectivity index (χ4n) is 3.23. The Bertz CT molecular complexity index is 827. The predicted octanol–water partition coefficient (Wildman–Crippen LogP) is 3.57. The molecule has 0 unspecified atom stereocenters. The van der Waals surface area contributed by atoms with Crippen LogP contribution in [0, 0.1) is 0 Å². The van der Waals surface area contributed by atoms with Crippen molar-refractivity contribution in [3.63, 3.8) is 0 Å². The second kappa shape index (κ2) is 6.40. The number of benzene rings is 2. The van der Waals surface area contributed by atoms with E-state index in [0.717, 1.165) is 48.6 Å². The van der Waals surface area contributed by atoms with Crippen molar-refractivity contribution in [1.82, 2.24) is 4.98 Å². The molecule has 2 aromatic carbocycles. The van der Waals surface area contributed by atoms with Crippen molar-refractivity contribution in [2.45, 2.75) is 0 Å². The zero-order chi connectivity index (χ0) is 16.4. The van der Waals surface area contributed by atoms with Gasteiger partial charge in [-0.25, -0.2) is 4.98 Å². The molecule has 0 aliphatic carbocycles. The highest BCUT2D eigenvalue weighted by atomic mass is 16.5. The highest BCUT2D eigenvalue weighted by Crippen LogP contribution is 2.24. The smallest absolute Gasteiger partial charge is 0.129 e. The Kier molecular flexibility index (Phi) is 3.95. The van der Waals surface area contributed by atoms with Crippen molar-refractivity contribution >= 4 is 22.4 Å². The maximum absolute atomic E-state index is 5.28. The molecule has 0 saturated carbocycles. The summed E-state index contributed by atoms with van der Waals surface area (Å²) in [6, 6.07) is 20.9. The highest BCUT2D eigenvalue weighted by Gasteiger charge is 2.18. The van der Waals surface area contributed by atoms with Crippen LogP contribution in [-0.4, -0.2) is 38.3 Å². The number of hydrogen-bond acceptors (Lipinski definition) is 4. The number of methoxy groups -OCH3 is 1. The Morgan fingerprint density at radius 1 is 0.833 bits per heavy atom. The Morgan fingerprint density at radius 2 is 1.58 bits per heavy atom. The van der Waals surface area contributed by atoms with Gasteiger partial charge in [-0.1, -0.05) is 18.2 Å². The molecule has 0 radical (unpaired) electrons. The second-order valence-electron chi connectivity index (χ2n) is 6.04. The summed E-state index contributed by atoms with van der Waals surface area (Å²) in [6.45, 7) is 4.02. The molecule has 1 aliphatic heterocycles. The van der Waals surface area contributed by atoms with E-state index in [2.05, 4.69) is 52.3 Å². The van der Waals surface area contributed by atoms with Gasteiger partial charge in [0, 0.05) is 37.3 Å². The first kappa shape index (κ1) is 14.8. The highest BCUT2D eigenvalue weighted by molar-refractivity contribution is 5.81. The molecule has 122 valence electrons. The first-order chi connectivity index (χ1) is 11.8. The molecule has 0 bridgehead atoms. The number of pyridine rings is 1. The lowest BCUT2D eigenvalue weighted by molar-refractivity contribution is 0.415. The van der Waals surface area contributed by atoms with Gasteiger partial charge in [0.25, 0.3) is 0 Å².